The Labute approximate surface area is 116 Å². The zero-order chi connectivity index (χ0) is 12.1. The van der Waals surface area contributed by atoms with Crippen molar-refractivity contribution in [3.05, 3.63) is 28.5 Å². The lowest BCUT2D eigenvalue weighted by Gasteiger charge is -2.36. The Morgan fingerprint density at radius 3 is 2.65 bits per heavy atom. The lowest BCUT2D eigenvalue weighted by atomic mass is 9.83. The molecule has 0 saturated heterocycles. The minimum Gasteiger partial charge on any atom is -0.304 e. The SMILES string of the molecule is ClCC1(NCc2ccc(Br)cn2)CCCCC1. The summed E-state index contributed by atoms with van der Waals surface area (Å²) in [6.07, 6.45) is 8.13. The molecule has 0 atom stereocenters. The third-order valence-corrected chi connectivity index (χ3v) is 4.48. The minimum absolute atomic E-state index is 0.133. The zero-order valence-corrected chi connectivity index (χ0v) is 12.2. The van der Waals surface area contributed by atoms with Gasteiger partial charge in [0.15, 0.2) is 0 Å². The monoisotopic (exact) mass is 316 g/mol. The van der Waals surface area contributed by atoms with E-state index in [2.05, 4.69) is 26.2 Å². The van der Waals surface area contributed by atoms with Gasteiger partial charge in [-0.05, 0) is 40.9 Å². The van der Waals surface area contributed by atoms with Gasteiger partial charge in [-0.2, -0.15) is 0 Å². The number of aromatic nitrogens is 1. The molecule has 1 aliphatic carbocycles. The average molecular weight is 318 g/mol. The van der Waals surface area contributed by atoms with Crippen LogP contribution in [0.2, 0.25) is 0 Å². The number of pyridine rings is 1. The topological polar surface area (TPSA) is 24.9 Å². The first-order valence-electron chi connectivity index (χ1n) is 6.16. The predicted octanol–water partition coefficient (Wildman–Crippen LogP) is 3.88. The Kier molecular flexibility index (Phi) is 4.83. The summed E-state index contributed by atoms with van der Waals surface area (Å²) in [5.41, 5.74) is 1.21. The highest BCUT2D eigenvalue weighted by Gasteiger charge is 2.30. The van der Waals surface area contributed by atoms with Gasteiger partial charge in [0.2, 0.25) is 0 Å². The van der Waals surface area contributed by atoms with Gasteiger partial charge in [-0.1, -0.05) is 19.3 Å². The molecule has 0 aliphatic heterocycles. The van der Waals surface area contributed by atoms with E-state index < -0.39 is 0 Å². The summed E-state index contributed by atoms with van der Waals surface area (Å²) in [4.78, 5) is 4.38. The number of hydrogen-bond acceptors (Lipinski definition) is 2. The molecule has 1 N–H and O–H groups in total. The molecule has 0 bridgehead atoms. The summed E-state index contributed by atoms with van der Waals surface area (Å²) in [5, 5.41) is 3.61. The first kappa shape index (κ1) is 13.3. The second kappa shape index (κ2) is 6.17. The molecular formula is C13H18BrClN2. The van der Waals surface area contributed by atoms with E-state index in [1.54, 1.807) is 0 Å². The highest BCUT2D eigenvalue weighted by molar-refractivity contribution is 9.10. The second-order valence-corrected chi connectivity index (χ2v) is 5.98. The third-order valence-electron chi connectivity index (χ3n) is 3.50. The van der Waals surface area contributed by atoms with Crippen LogP contribution in [0.1, 0.15) is 37.8 Å². The average Bonchev–Trinajstić information content (AvgIpc) is 2.39. The van der Waals surface area contributed by atoms with Gasteiger partial charge in [0.25, 0.3) is 0 Å². The van der Waals surface area contributed by atoms with Gasteiger partial charge in [0.1, 0.15) is 0 Å². The van der Waals surface area contributed by atoms with E-state index in [1.165, 1.54) is 32.1 Å². The maximum Gasteiger partial charge on any atom is 0.0542 e. The molecule has 0 unspecified atom stereocenters. The van der Waals surface area contributed by atoms with Crippen molar-refractivity contribution >= 4 is 27.5 Å². The van der Waals surface area contributed by atoms with E-state index in [0.29, 0.717) is 5.88 Å². The molecule has 0 amide bonds. The number of nitrogens with one attached hydrogen (secondary N) is 1. The highest BCUT2D eigenvalue weighted by atomic mass is 79.9. The van der Waals surface area contributed by atoms with Gasteiger partial charge in [0.05, 0.1) is 5.69 Å². The maximum absolute atomic E-state index is 6.14. The maximum atomic E-state index is 6.14. The Balaban J connectivity index is 1.93. The van der Waals surface area contributed by atoms with Crippen molar-refractivity contribution in [3.63, 3.8) is 0 Å². The van der Waals surface area contributed by atoms with Crippen molar-refractivity contribution in [1.82, 2.24) is 10.3 Å². The van der Waals surface area contributed by atoms with E-state index >= 15 is 0 Å². The van der Waals surface area contributed by atoms with Crippen molar-refractivity contribution in [2.75, 3.05) is 5.88 Å². The van der Waals surface area contributed by atoms with Crippen LogP contribution in [0.3, 0.4) is 0 Å². The summed E-state index contributed by atoms with van der Waals surface area (Å²) in [6, 6.07) is 4.07. The molecule has 2 rings (SSSR count). The molecule has 0 spiro atoms. The van der Waals surface area contributed by atoms with E-state index in [-0.39, 0.29) is 5.54 Å². The molecule has 2 nitrogen and oxygen atoms in total. The van der Waals surface area contributed by atoms with Crippen LogP contribution in [0, 0.1) is 0 Å². The zero-order valence-electron chi connectivity index (χ0n) is 9.88. The summed E-state index contributed by atoms with van der Waals surface area (Å²) in [6.45, 7) is 0.806. The molecule has 0 radical (unpaired) electrons. The van der Waals surface area contributed by atoms with Crippen LogP contribution in [-0.2, 0) is 6.54 Å². The number of rotatable bonds is 4. The van der Waals surface area contributed by atoms with Crippen LogP contribution < -0.4 is 5.32 Å². The van der Waals surface area contributed by atoms with E-state index in [0.717, 1.165) is 16.7 Å². The lowest BCUT2D eigenvalue weighted by molar-refractivity contribution is 0.255. The van der Waals surface area contributed by atoms with E-state index in [1.807, 2.05) is 18.3 Å². The van der Waals surface area contributed by atoms with Crippen LogP contribution >= 0.6 is 27.5 Å². The van der Waals surface area contributed by atoms with Crippen LogP contribution in [0.4, 0.5) is 0 Å². The van der Waals surface area contributed by atoms with Gasteiger partial charge in [0, 0.05) is 28.6 Å². The van der Waals surface area contributed by atoms with Crippen LogP contribution in [-0.4, -0.2) is 16.4 Å². The van der Waals surface area contributed by atoms with Gasteiger partial charge < -0.3 is 5.32 Å². The number of halogens is 2. The molecule has 1 fully saturated rings. The fraction of sp³-hybridized carbons (Fsp3) is 0.615. The van der Waals surface area contributed by atoms with E-state index in [4.69, 9.17) is 11.6 Å². The minimum atomic E-state index is 0.133. The second-order valence-electron chi connectivity index (χ2n) is 4.80. The van der Waals surface area contributed by atoms with Crippen molar-refractivity contribution < 1.29 is 0 Å². The summed E-state index contributed by atoms with van der Waals surface area (Å²) in [5.74, 6) is 0.698. The Morgan fingerprint density at radius 2 is 2.06 bits per heavy atom. The van der Waals surface area contributed by atoms with Crippen molar-refractivity contribution in [3.8, 4) is 0 Å². The molecule has 17 heavy (non-hydrogen) atoms. The molecule has 1 aromatic rings. The summed E-state index contributed by atoms with van der Waals surface area (Å²) in [7, 11) is 0. The van der Waals surface area contributed by atoms with Crippen molar-refractivity contribution in [1.29, 1.82) is 0 Å². The Bertz CT molecular complexity index is 347. The summed E-state index contributed by atoms with van der Waals surface area (Å²) >= 11 is 9.53. The van der Waals surface area contributed by atoms with Crippen LogP contribution in [0.15, 0.2) is 22.8 Å². The normalized spacial score (nSPS) is 19.2. The van der Waals surface area contributed by atoms with Crippen LogP contribution in [0.25, 0.3) is 0 Å². The molecule has 0 aromatic carbocycles. The van der Waals surface area contributed by atoms with Crippen molar-refractivity contribution in [2.24, 2.45) is 0 Å². The number of hydrogen-bond donors (Lipinski definition) is 1. The molecule has 1 aliphatic rings. The van der Waals surface area contributed by atoms with Crippen molar-refractivity contribution in [2.45, 2.75) is 44.2 Å². The molecule has 1 aromatic heterocycles. The van der Waals surface area contributed by atoms with Gasteiger partial charge in [-0.3, -0.25) is 4.98 Å². The molecular weight excluding hydrogens is 300 g/mol. The van der Waals surface area contributed by atoms with Gasteiger partial charge >= 0.3 is 0 Å². The largest absolute Gasteiger partial charge is 0.304 e. The summed E-state index contributed by atoms with van der Waals surface area (Å²) < 4.78 is 1.02. The number of alkyl halides is 1. The fourth-order valence-corrected chi connectivity index (χ4v) is 2.97. The first-order valence-corrected chi connectivity index (χ1v) is 7.48. The quantitative estimate of drug-likeness (QED) is 0.853. The molecule has 1 heterocycles. The fourth-order valence-electron chi connectivity index (χ4n) is 2.38. The molecule has 94 valence electrons. The number of nitrogens with zero attached hydrogens (tertiary/aromatic N) is 1. The van der Waals surface area contributed by atoms with E-state index in [9.17, 15) is 0 Å². The predicted molar refractivity (Wildman–Crippen MR) is 75.3 cm³/mol. The van der Waals surface area contributed by atoms with Gasteiger partial charge in [-0.15, -0.1) is 11.6 Å². The van der Waals surface area contributed by atoms with Crippen LogP contribution in [0.5, 0.6) is 0 Å². The van der Waals surface area contributed by atoms with Gasteiger partial charge in [-0.25, -0.2) is 0 Å². The Hall–Kier alpha value is -0.120. The first-order chi connectivity index (χ1) is 8.24. The highest BCUT2D eigenvalue weighted by Crippen LogP contribution is 2.29. The Morgan fingerprint density at radius 1 is 1.29 bits per heavy atom. The molecule has 1 saturated carbocycles. The smallest absolute Gasteiger partial charge is 0.0542 e. The standard InChI is InChI=1S/C13H18BrClN2/c14-11-4-5-12(16-8-11)9-17-13(10-15)6-2-1-3-7-13/h4-5,8,17H,1-3,6-7,9-10H2. The third kappa shape index (κ3) is 3.67. The lowest BCUT2D eigenvalue weighted by Crippen LogP contribution is -2.48. The molecule has 4 heteroatoms.